The van der Waals surface area contributed by atoms with Crippen LogP contribution < -0.4 is 4.74 Å². The number of hydrogen-bond acceptors (Lipinski definition) is 1. The van der Waals surface area contributed by atoms with Crippen LogP contribution >= 0.6 is 15.9 Å². The van der Waals surface area contributed by atoms with Gasteiger partial charge in [0.05, 0.1) is 6.61 Å². The predicted octanol–water partition coefficient (Wildman–Crippen LogP) is 5.26. The van der Waals surface area contributed by atoms with Gasteiger partial charge in [-0.25, -0.2) is 8.78 Å². The van der Waals surface area contributed by atoms with E-state index in [-0.39, 0.29) is 5.75 Å². The Morgan fingerprint density at radius 1 is 0.905 bits per heavy atom. The summed E-state index contributed by atoms with van der Waals surface area (Å²) < 4.78 is 32.6. The molecule has 21 heavy (non-hydrogen) atoms. The molecule has 0 amide bonds. The molecule has 2 aromatic carbocycles. The highest BCUT2D eigenvalue weighted by atomic mass is 79.9. The van der Waals surface area contributed by atoms with Gasteiger partial charge in [-0.2, -0.15) is 0 Å². The number of alkyl halides is 1. The van der Waals surface area contributed by atoms with E-state index in [1.54, 1.807) is 0 Å². The van der Waals surface area contributed by atoms with Gasteiger partial charge in [-0.05, 0) is 42.5 Å². The molecule has 0 aliphatic heterocycles. The number of hydrogen-bond donors (Lipinski definition) is 0. The zero-order valence-electron chi connectivity index (χ0n) is 11.6. The summed E-state index contributed by atoms with van der Waals surface area (Å²) in [4.78, 5) is 0. The van der Waals surface area contributed by atoms with Gasteiger partial charge < -0.3 is 4.74 Å². The maximum absolute atomic E-state index is 13.7. The molecule has 2 aromatic rings. The Labute approximate surface area is 132 Å². The molecule has 0 aliphatic carbocycles. The minimum Gasteiger partial charge on any atom is -0.488 e. The lowest BCUT2D eigenvalue weighted by atomic mass is 10.1. The van der Waals surface area contributed by atoms with Crippen molar-refractivity contribution in [3.05, 3.63) is 65.2 Å². The summed E-state index contributed by atoms with van der Waals surface area (Å²) >= 11 is 3.17. The number of aryl methyl sites for hydroxylation is 1. The summed E-state index contributed by atoms with van der Waals surface area (Å²) in [6.07, 6.45) is 2.62. The number of benzene rings is 2. The summed E-state index contributed by atoms with van der Waals surface area (Å²) in [5.74, 6) is -1.57. The van der Waals surface area contributed by atoms with Crippen molar-refractivity contribution in [1.82, 2.24) is 0 Å². The molecule has 0 saturated heterocycles. The highest BCUT2D eigenvalue weighted by Crippen LogP contribution is 2.24. The van der Waals surface area contributed by atoms with E-state index in [0.29, 0.717) is 17.5 Å². The number of unbranched alkanes of at least 4 members (excludes halogenated alkanes) is 1. The van der Waals surface area contributed by atoms with Gasteiger partial charge in [0, 0.05) is 5.33 Å². The highest BCUT2D eigenvalue weighted by molar-refractivity contribution is 9.08. The van der Waals surface area contributed by atoms with Crippen molar-refractivity contribution in [3.8, 4) is 5.75 Å². The third-order valence-corrected chi connectivity index (χ3v) is 3.81. The summed E-state index contributed by atoms with van der Waals surface area (Å²) in [5, 5.41) is 0.415. The molecular weight excluding hydrogens is 338 g/mol. The number of ether oxygens (including phenoxy) is 1. The fraction of sp³-hybridized carbons (Fsp3) is 0.294. The van der Waals surface area contributed by atoms with Crippen molar-refractivity contribution in [2.24, 2.45) is 0 Å². The van der Waals surface area contributed by atoms with E-state index in [2.05, 4.69) is 28.1 Å². The fourth-order valence-corrected chi connectivity index (χ4v) is 2.40. The Kier molecular flexibility index (Phi) is 6.18. The monoisotopic (exact) mass is 354 g/mol. The van der Waals surface area contributed by atoms with Gasteiger partial charge in [0.1, 0.15) is 0 Å². The van der Waals surface area contributed by atoms with E-state index in [9.17, 15) is 8.78 Å². The fourth-order valence-electron chi connectivity index (χ4n) is 2.08. The van der Waals surface area contributed by atoms with Crippen molar-refractivity contribution in [3.63, 3.8) is 0 Å². The second kappa shape index (κ2) is 8.13. The van der Waals surface area contributed by atoms with E-state index in [1.807, 2.05) is 18.2 Å². The van der Waals surface area contributed by atoms with Crippen molar-refractivity contribution >= 4 is 15.9 Å². The summed E-state index contributed by atoms with van der Waals surface area (Å²) in [6.45, 7) is 0.314. The third-order valence-electron chi connectivity index (χ3n) is 3.16. The van der Waals surface area contributed by atoms with Crippen molar-refractivity contribution in [1.29, 1.82) is 0 Å². The van der Waals surface area contributed by atoms with E-state index >= 15 is 0 Å². The van der Waals surface area contributed by atoms with Gasteiger partial charge in [-0.1, -0.05) is 46.3 Å². The topological polar surface area (TPSA) is 9.23 Å². The first-order valence-electron chi connectivity index (χ1n) is 6.91. The normalized spacial score (nSPS) is 10.6. The highest BCUT2D eigenvalue weighted by Gasteiger charge is 2.12. The molecule has 1 nitrogen and oxygen atoms in total. The Morgan fingerprint density at radius 3 is 2.19 bits per heavy atom. The first kappa shape index (κ1) is 16.0. The summed E-state index contributed by atoms with van der Waals surface area (Å²) in [7, 11) is 0. The molecular formula is C17H17BrF2O. The van der Waals surface area contributed by atoms with Gasteiger partial charge in [0.25, 0.3) is 0 Å². The van der Waals surface area contributed by atoms with Gasteiger partial charge in [0.2, 0.25) is 0 Å². The molecule has 0 bridgehead atoms. The lowest BCUT2D eigenvalue weighted by Gasteiger charge is -2.09. The first-order chi connectivity index (χ1) is 10.2. The van der Waals surface area contributed by atoms with E-state index in [4.69, 9.17) is 4.74 Å². The molecule has 0 radical (unpaired) electrons. The lowest BCUT2D eigenvalue weighted by Crippen LogP contribution is -2.03. The van der Waals surface area contributed by atoms with Crippen LogP contribution in [0.2, 0.25) is 0 Å². The van der Waals surface area contributed by atoms with Crippen LogP contribution in [-0.2, 0) is 11.8 Å². The van der Waals surface area contributed by atoms with Crippen molar-refractivity contribution in [2.45, 2.75) is 24.6 Å². The Morgan fingerprint density at radius 2 is 1.57 bits per heavy atom. The SMILES string of the molecule is Fc1cc(CBr)cc(F)c1OCCCCc1ccccc1. The molecule has 0 unspecified atom stereocenters. The average Bonchev–Trinajstić information content (AvgIpc) is 2.50. The Hall–Kier alpha value is -1.42. The van der Waals surface area contributed by atoms with Gasteiger partial charge >= 0.3 is 0 Å². The molecule has 0 fully saturated rings. The minimum atomic E-state index is -0.646. The third kappa shape index (κ3) is 4.81. The van der Waals surface area contributed by atoms with Crippen LogP contribution in [0.25, 0.3) is 0 Å². The van der Waals surface area contributed by atoms with E-state index in [0.717, 1.165) is 19.3 Å². The molecule has 0 N–H and O–H groups in total. The van der Waals surface area contributed by atoms with Gasteiger partial charge in [-0.3, -0.25) is 0 Å². The Bertz CT molecular complexity index is 549. The molecule has 0 spiro atoms. The predicted molar refractivity (Wildman–Crippen MR) is 83.9 cm³/mol. The average molecular weight is 355 g/mol. The maximum atomic E-state index is 13.7. The minimum absolute atomic E-state index is 0.278. The van der Waals surface area contributed by atoms with Gasteiger partial charge in [0.15, 0.2) is 17.4 Å². The van der Waals surface area contributed by atoms with Gasteiger partial charge in [-0.15, -0.1) is 0 Å². The van der Waals surface area contributed by atoms with Crippen molar-refractivity contribution < 1.29 is 13.5 Å². The van der Waals surface area contributed by atoms with Crippen LogP contribution in [0.5, 0.6) is 5.75 Å². The van der Waals surface area contributed by atoms with Crippen LogP contribution in [0.1, 0.15) is 24.0 Å². The largest absolute Gasteiger partial charge is 0.488 e. The summed E-state index contributed by atoms with van der Waals surface area (Å²) in [5.41, 5.74) is 1.82. The van der Waals surface area contributed by atoms with Crippen LogP contribution in [0.15, 0.2) is 42.5 Å². The van der Waals surface area contributed by atoms with Crippen LogP contribution in [0.3, 0.4) is 0 Å². The maximum Gasteiger partial charge on any atom is 0.190 e. The van der Waals surface area contributed by atoms with Crippen LogP contribution in [-0.4, -0.2) is 6.61 Å². The molecule has 4 heteroatoms. The second-order valence-electron chi connectivity index (χ2n) is 4.81. The molecule has 0 aromatic heterocycles. The lowest BCUT2D eigenvalue weighted by molar-refractivity contribution is 0.276. The second-order valence-corrected chi connectivity index (χ2v) is 5.37. The molecule has 112 valence electrons. The number of halogens is 3. The molecule has 0 heterocycles. The van der Waals surface area contributed by atoms with Crippen LogP contribution in [0, 0.1) is 11.6 Å². The quantitative estimate of drug-likeness (QED) is 0.486. The zero-order valence-corrected chi connectivity index (χ0v) is 13.2. The molecule has 0 saturated carbocycles. The number of rotatable bonds is 7. The molecule has 0 atom stereocenters. The smallest absolute Gasteiger partial charge is 0.190 e. The molecule has 2 rings (SSSR count). The van der Waals surface area contributed by atoms with Crippen molar-refractivity contribution in [2.75, 3.05) is 6.61 Å². The van der Waals surface area contributed by atoms with Crippen LogP contribution in [0.4, 0.5) is 8.78 Å². The zero-order chi connectivity index (χ0) is 15.1. The van der Waals surface area contributed by atoms with E-state index in [1.165, 1.54) is 17.7 Å². The van der Waals surface area contributed by atoms with E-state index < -0.39 is 11.6 Å². The molecule has 0 aliphatic rings. The standard InChI is InChI=1S/C17H17BrF2O/c18-12-14-10-15(19)17(16(20)11-14)21-9-5-4-8-13-6-2-1-3-7-13/h1-3,6-7,10-11H,4-5,8-9,12H2. The summed E-state index contributed by atoms with van der Waals surface area (Å²) in [6, 6.07) is 12.7. The first-order valence-corrected chi connectivity index (χ1v) is 8.03. The Balaban J connectivity index is 1.79.